The Bertz CT molecular complexity index is 1510. The molecular weight excluding hydrogens is 464 g/mol. The van der Waals surface area contributed by atoms with Crippen molar-refractivity contribution in [1.82, 2.24) is 14.8 Å². The minimum absolute atomic E-state index is 0.107. The second-order valence-corrected chi connectivity index (χ2v) is 8.09. The number of pyridine rings is 1. The fourth-order valence-corrected chi connectivity index (χ4v) is 4.18. The highest BCUT2D eigenvalue weighted by Gasteiger charge is 2.37. The van der Waals surface area contributed by atoms with E-state index < -0.39 is 29.5 Å². The number of halogens is 4. The minimum atomic E-state index is -4.85. The summed E-state index contributed by atoms with van der Waals surface area (Å²) in [6, 6.07) is 10.1. The number of alkyl halides is 3. The lowest BCUT2D eigenvalue weighted by molar-refractivity contribution is -0.140. The SMILES string of the molecule is CC1=C(C(=O)Nc2ccc3cnccc3c2)C(c2ccc(C(F)(F)F)c(F)c2)n2nc(N)cc2N1. The van der Waals surface area contributed by atoms with Crippen molar-refractivity contribution in [2.24, 2.45) is 0 Å². The third-order valence-corrected chi connectivity index (χ3v) is 5.75. The van der Waals surface area contributed by atoms with Gasteiger partial charge < -0.3 is 16.4 Å². The number of anilines is 3. The lowest BCUT2D eigenvalue weighted by Crippen LogP contribution is -2.31. The number of nitrogens with one attached hydrogen (secondary N) is 2. The maximum Gasteiger partial charge on any atom is 0.419 e. The minimum Gasteiger partial charge on any atom is -0.382 e. The van der Waals surface area contributed by atoms with Crippen molar-refractivity contribution in [3.05, 3.63) is 89.1 Å². The molecule has 0 aliphatic carbocycles. The van der Waals surface area contributed by atoms with E-state index in [0.29, 0.717) is 23.3 Å². The quantitative estimate of drug-likeness (QED) is 0.353. The zero-order chi connectivity index (χ0) is 24.9. The number of hydrogen-bond acceptors (Lipinski definition) is 5. The van der Waals surface area contributed by atoms with E-state index in [-0.39, 0.29) is 17.0 Å². The summed E-state index contributed by atoms with van der Waals surface area (Å²) in [5.41, 5.74) is 5.61. The predicted octanol–water partition coefficient (Wildman–Crippen LogP) is 5.10. The van der Waals surface area contributed by atoms with Crippen molar-refractivity contribution >= 4 is 34.0 Å². The molecule has 11 heteroatoms. The zero-order valence-electron chi connectivity index (χ0n) is 18.2. The Morgan fingerprint density at radius 2 is 1.91 bits per heavy atom. The van der Waals surface area contributed by atoms with E-state index in [1.54, 1.807) is 43.6 Å². The number of aromatic nitrogens is 3. The van der Waals surface area contributed by atoms with Gasteiger partial charge in [0.15, 0.2) is 0 Å². The molecule has 0 bridgehead atoms. The summed E-state index contributed by atoms with van der Waals surface area (Å²) in [5.74, 6) is -1.44. The van der Waals surface area contributed by atoms with Gasteiger partial charge in [-0.05, 0) is 48.2 Å². The molecule has 2 aromatic carbocycles. The molecule has 3 heterocycles. The monoisotopic (exact) mass is 482 g/mol. The first-order valence-electron chi connectivity index (χ1n) is 10.5. The number of nitrogens with zero attached hydrogens (tertiary/aromatic N) is 3. The van der Waals surface area contributed by atoms with Gasteiger partial charge in [-0.15, -0.1) is 0 Å². The van der Waals surface area contributed by atoms with Crippen molar-refractivity contribution in [3.63, 3.8) is 0 Å². The van der Waals surface area contributed by atoms with Crippen LogP contribution in [0.15, 0.2) is 72.2 Å². The second-order valence-electron chi connectivity index (χ2n) is 8.09. The molecule has 0 saturated carbocycles. The van der Waals surface area contributed by atoms with Crippen LogP contribution in [-0.2, 0) is 11.0 Å². The average molecular weight is 482 g/mol. The van der Waals surface area contributed by atoms with Gasteiger partial charge in [0.05, 0.1) is 11.1 Å². The molecule has 5 rings (SSSR count). The molecule has 4 N–H and O–H groups in total. The van der Waals surface area contributed by atoms with Crippen LogP contribution in [0.1, 0.15) is 24.1 Å². The number of nitrogen functional groups attached to an aromatic ring is 1. The van der Waals surface area contributed by atoms with Crippen molar-refractivity contribution in [2.75, 3.05) is 16.4 Å². The summed E-state index contributed by atoms with van der Waals surface area (Å²) < 4.78 is 55.2. The molecular formula is C24H18F4N6O. The number of allylic oxidation sites excluding steroid dienone is 1. The van der Waals surface area contributed by atoms with E-state index in [4.69, 9.17) is 5.73 Å². The fraction of sp³-hybridized carbons (Fsp3) is 0.125. The molecule has 1 atom stereocenters. The Kier molecular flexibility index (Phi) is 5.19. The van der Waals surface area contributed by atoms with Crippen molar-refractivity contribution < 1.29 is 22.4 Å². The number of hydrogen-bond donors (Lipinski definition) is 3. The Morgan fingerprint density at radius 3 is 2.66 bits per heavy atom. The van der Waals surface area contributed by atoms with Gasteiger partial charge in [0, 0.05) is 35.2 Å². The van der Waals surface area contributed by atoms with Gasteiger partial charge in [0.2, 0.25) is 0 Å². The smallest absolute Gasteiger partial charge is 0.382 e. The van der Waals surface area contributed by atoms with E-state index in [9.17, 15) is 22.4 Å². The van der Waals surface area contributed by atoms with Crippen molar-refractivity contribution in [1.29, 1.82) is 0 Å². The van der Waals surface area contributed by atoms with Gasteiger partial charge >= 0.3 is 6.18 Å². The topological polar surface area (TPSA) is 97.9 Å². The van der Waals surface area contributed by atoms with Crippen LogP contribution in [0.4, 0.5) is 34.9 Å². The van der Waals surface area contributed by atoms with Gasteiger partial charge in [-0.2, -0.15) is 18.3 Å². The molecule has 35 heavy (non-hydrogen) atoms. The van der Waals surface area contributed by atoms with Crippen LogP contribution in [0, 0.1) is 5.82 Å². The number of carbonyl (C=O) groups is 1. The highest BCUT2D eigenvalue weighted by molar-refractivity contribution is 6.06. The zero-order valence-corrected chi connectivity index (χ0v) is 18.2. The molecule has 0 saturated heterocycles. The molecule has 1 aliphatic heterocycles. The number of benzene rings is 2. The first-order valence-corrected chi connectivity index (χ1v) is 10.5. The Labute approximate surface area is 196 Å². The Morgan fingerprint density at radius 1 is 1.11 bits per heavy atom. The van der Waals surface area contributed by atoms with Crippen LogP contribution < -0.4 is 16.4 Å². The molecule has 7 nitrogen and oxygen atoms in total. The highest BCUT2D eigenvalue weighted by atomic mass is 19.4. The maximum absolute atomic E-state index is 14.5. The van der Waals surface area contributed by atoms with Gasteiger partial charge in [-0.25, -0.2) is 9.07 Å². The summed E-state index contributed by atoms with van der Waals surface area (Å²) in [6.07, 6.45) is -1.53. The number of amides is 1. The van der Waals surface area contributed by atoms with Gasteiger partial charge in [0.25, 0.3) is 5.91 Å². The Hall–Kier alpha value is -4.41. The fourth-order valence-electron chi connectivity index (χ4n) is 4.18. The number of carbonyl (C=O) groups excluding carboxylic acids is 1. The molecule has 4 aromatic rings. The standard InChI is InChI=1S/C24H18F4N6O/c1-12-21(23(35)32-16-4-2-15-11-30-7-6-13(15)8-16)22(34-20(31-12)10-19(29)33-34)14-3-5-17(18(25)9-14)24(26,27)28/h2-11,22,31H,1H3,(H2,29,33)(H,32,35). The lowest BCUT2D eigenvalue weighted by atomic mass is 9.93. The summed E-state index contributed by atoms with van der Waals surface area (Å²) in [4.78, 5) is 17.5. The summed E-state index contributed by atoms with van der Waals surface area (Å²) in [5, 5.41) is 11.8. The molecule has 178 valence electrons. The van der Waals surface area contributed by atoms with Gasteiger partial charge in [-0.1, -0.05) is 12.1 Å². The lowest BCUT2D eigenvalue weighted by Gasteiger charge is -2.30. The molecule has 1 aliphatic rings. The van der Waals surface area contributed by atoms with Gasteiger partial charge in [0.1, 0.15) is 23.5 Å². The normalized spacial score (nSPS) is 15.6. The summed E-state index contributed by atoms with van der Waals surface area (Å²) in [6.45, 7) is 1.64. The van der Waals surface area contributed by atoms with Crippen LogP contribution in [-0.4, -0.2) is 20.7 Å². The molecule has 0 spiro atoms. The number of nitrogens with two attached hydrogens (primary N) is 1. The Balaban J connectivity index is 1.57. The van der Waals surface area contributed by atoms with Crippen molar-refractivity contribution in [3.8, 4) is 0 Å². The van der Waals surface area contributed by atoms with Crippen LogP contribution in [0.2, 0.25) is 0 Å². The summed E-state index contributed by atoms with van der Waals surface area (Å²) >= 11 is 0. The average Bonchev–Trinajstić information content (AvgIpc) is 3.16. The van der Waals surface area contributed by atoms with Crippen LogP contribution >= 0.6 is 0 Å². The van der Waals surface area contributed by atoms with Crippen LogP contribution in [0.5, 0.6) is 0 Å². The molecule has 0 radical (unpaired) electrons. The number of fused-ring (bicyclic) bond motifs is 2. The largest absolute Gasteiger partial charge is 0.419 e. The third kappa shape index (κ3) is 4.05. The van der Waals surface area contributed by atoms with Crippen molar-refractivity contribution in [2.45, 2.75) is 19.1 Å². The van der Waals surface area contributed by atoms with Gasteiger partial charge in [-0.3, -0.25) is 9.78 Å². The molecule has 1 amide bonds. The van der Waals surface area contributed by atoms with E-state index in [1.165, 1.54) is 10.7 Å². The molecule has 2 aromatic heterocycles. The van der Waals surface area contributed by atoms with E-state index in [0.717, 1.165) is 22.9 Å². The first kappa shape index (κ1) is 22.4. The van der Waals surface area contributed by atoms with Crippen LogP contribution in [0.25, 0.3) is 10.8 Å². The third-order valence-electron chi connectivity index (χ3n) is 5.75. The number of rotatable bonds is 3. The highest BCUT2D eigenvalue weighted by Crippen LogP contribution is 2.39. The molecule has 0 fully saturated rings. The predicted molar refractivity (Wildman–Crippen MR) is 123 cm³/mol. The maximum atomic E-state index is 14.5. The van der Waals surface area contributed by atoms with E-state index in [1.807, 2.05) is 0 Å². The first-order chi connectivity index (χ1) is 16.6. The van der Waals surface area contributed by atoms with E-state index in [2.05, 4.69) is 20.7 Å². The summed E-state index contributed by atoms with van der Waals surface area (Å²) in [7, 11) is 0. The van der Waals surface area contributed by atoms with E-state index >= 15 is 0 Å². The van der Waals surface area contributed by atoms with Crippen LogP contribution in [0.3, 0.4) is 0 Å². The molecule has 1 unspecified atom stereocenters. The second kappa shape index (κ2) is 8.12.